The predicted molar refractivity (Wildman–Crippen MR) is 122 cm³/mol. The number of ether oxygens (including phenoxy) is 2. The van der Waals surface area contributed by atoms with Crippen LogP contribution in [0.1, 0.15) is 36.9 Å². The zero-order chi connectivity index (χ0) is 22.7. The summed E-state index contributed by atoms with van der Waals surface area (Å²) in [5, 5.41) is 3.57. The molecule has 1 fully saturated rings. The van der Waals surface area contributed by atoms with Crippen LogP contribution in [0.4, 0.5) is 0 Å². The van der Waals surface area contributed by atoms with Gasteiger partial charge in [0.05, 0.1) is 11.8 Å². The van der Waals surface area contributed by atoms with Crippen molar-refractivity contribution < 1.29 is 22.7 Å². The van der Waals surface area contributed by atoms with Crippen LogP contribution in [-0.2, 0) is 20.6 Å². The number of piperidine rings is 1. The van der Waals surface area contributed by atoms with E-state index in [0.29, 0.717) is 61.2 Å². The molecule has 7 nitrogen and oxygen atoms in total. The molecule has 1 N–H and O–H groups in total. The van der Waals surface area contributed by atoms with E-state index in [0.717, 1.165) is 5.56 Å². The molecule has 2 aliphatic heterocycles. The van der Waals surface area contributed by atoms with E-state index in [4.69, 9.17) is 21.1 Å². The average Bonchev–Trinajstić information content (AvgIpc) is 2.78. The van der Waals surface area contributed by atoms with E-state index in [9.17, 15) is 13.2 Å². The Morgan fingerprint density at radius 1 is 1.12 bits per heavy atom. The fourth-order valence-corrected chi connectivity index (χ4v) is 5.83. The molecule has 1 atom stereocenters. The summed E-state index contributed by atoms with van der Waals surface area (Å²) in [6, 6.07) is 12.4. The van der Waals surface area contributed by atoms with Gasteiger partial charge in [-0.2, -0.15) is 0 Å². The summed E-state index contributed by atoms with van der Waals surface area (Å²) in [6.07, 6.45) is 0.989. The Morgan fingerprint density at radius 2 is 1.84 bits per heavy atom. The second-order valence-electron chi connectivity index (χ2n) is 8.19. The maximum absolute atomic E-state index is 12.8. The van der Waals surface area contributed by atoms with Gasteiger partial charge in [0.1, 0.15) is 13.2 Å². The third-order valence-electron chi connectivity index (χ3n) is 5.88. The number of nitrogens with zero attached hydrogens (tertiary/aromatic N) is 1. The van der Waals surface area contributed by atoms with Crippen molar-refractivity contribution in [1.29, 1.82) is 0 Å². The molecule has 0 spiro atoms. The van der Waals surface area contributed by atoms with E-state index in [1.807, 2.05) is 25.1 Å². The van der Waals surface area contributed by atoms with Crippen molar-refractivity contribution in [3.63, 3.8) is 0 Å². The number of amides is 1. The van der Waals surface area contributed by atoms with Gasteiger partial charge in [0, 0.05) is 24.0 Å². The first kappa shape index (κ1) is 22.9. The number of carbonyl (C=O) groups excluding carboxylic acids is 1. The van der Waals surface area contributed by atoms with Crippen molar-refractivity contribution in [3.05, 3.63) is 58.6 Å². The van der Waals surface area contributed by atoms with Gasteiger partial charge in [0.2, 0.25) is 15.9 Å². The highest BCUT2D eigenvalue weighted by Gasteiger charge is 2.31. The van der Waals surface area contributed by atoms with Crippen LogP contribution >= 0.6 is 11.6 Å². The Hall–Kier alpha value is -2.29. The highest BCUT2D eigenvalue weighted by Crippen LogP contribution is 2.33. The minimum Gasteiger partial charge on any atom is -0.486 e. The molecule has 9 heteroatoms. The van der Waals surface area contributed by atoms with Crippen molar-refractivity contribution in [2.75, 3.05) is 26.3 Å². The van der Waals surface area contributed by atoms with Gasteiger partial charge in [-0.05, 0) is 55.2 Å². The van der Waals surface area contributed by atoms with Crippen molar-refractivity contribution in [2.45, 2.75) is 31.6 Å². The Kier molecular flexibility index (Phi) is 6.93. The van der Waals surface area contributed by atoms with Gasteiger partial charge in [-0.1, -0.05) is 29.8 Å². The lowest BCUT2D eigenvalue weighted by Crippen LogP contribution is -2.43. The van der Waals surface area contributed by atoms with Crippen LogP contribution in [0, 0.1) is 5.92 Å². The Morgan fingerprint density at radius 3 is 2.56 bits per heavy atom. The van der Waals surface area contributed by atoms with Crippen molar-refractivity contribution >= 4 is 27.5 Å². The van der Waals surface area contributed by atoms with Crippen molar-refractivity contribution in [2.24, 2.45) is 5.92 Å². The predicted octanol–water partition coefficient (Wildman–Crippen LogP) is 3.53. The van der Waals surface area contributed by atoms with Crippen LogP contribution in [0.15, 0.2) is 42.5 Å². The summed E-state index contributed by atoms with van der Waals surface area (Å²) in [5.41, 5.74) is 1.59. The molecule has 172 valence electrons. The molecule has 2 aromatic rings. The zero-order valence-electron chi connectivity index (χ0n) is 17.9. The number of carbonyl (C=O) groups is 1. The maximum atomic E-state index is 12.8. The van der Waals surface area contributed by atoms with Crippen LogP contribution in [0.3, 0.4) is 0 Å². The van der Waals surface area contributed by atoms with Crippen molar-refractivity contribution in [3.8, 4) is 11.5 Å². The normalized spacial score (nSPS) is 18.2. The summed E-state index contributed by atoms with van der Waals surface area (Å²) in [7, 11) is -3.46. The number of fused-ring (bicyclic) bond motifs is 1. The van der Waals surface area contributed by atoms with Crippen molar-refractivity contribution in [1.82, 2.24) is 9.62 Å². The molecule has 2 aromatic carbocycles. The standard InChI is InChI=1S/C23H27ClN2O5S/c1-16(19-5-6-21-22(14-19)31-12-11-30-21)25-23(27)18-7-9-26(10-8-18)32(28,29)15-17-3-2-4-20(24)13-17/h2-6,13-14,16,18H,7-12,15H2,1H3,(H,25,27)/t16-/m0/s1. The zero-order valence-corrected chi connectivity index (χ0v) is 19.5. The lowest BCUT2D eigenvalue weighted by molar-refractivity contribution is -0.126. The summed E-state index contributed by atoms with van der Waals surface area (Å²) >= 11 is 5.97. The molecule has 0 radical (unpaired) electrons. The smallest absolute Gasteiger partial charge is 0.223 e. The highest BCUT2D eigenvalue weighted by molar-refractivity contribution is 7.88. The average molecular weight is 479 g/mol. The summed E-state index contributed by atoms with van der Waals surface area (Å²) in [5.74, 6) is 1.04. The van der Waals surface area contributed by atoms with Crippen LogP contribution in [0.5, 0.6) is 11.5 Å². The van der Waals surface area contributed by atoms with Crippen LogP contribution < -0.4 is 14.8 Å². The number of sulfonamides is 1. The minimum absolute atomic E-state index is 0.0562. The van der Waals surface area contributed by atoms with Gasteiger partial charge in [0.15, 0.2) is 11.5 Å². The first-order valence-electron chi connectivity index (χ1n) is 10.7. The van der Waals surface area contributed by atoms with E-state index in [2.05, 4.69) is 5.32 Å². The molecule has 0 unspecified atom stereocenters. The molecule has 0 saturated carbocycles. The van der Waals surface area contributed by atoms with Crippen LogP contribution in [-0.4, -0.2) is 44.9 Å². The largest absolute Gasteiger partial charge is 0.486 e. The molecule has 1 amide bonds. The first-order valence-corrected chi connectivity index (χ1v) is 12.7. The van der Waals surface area contributed by atoms with E-state index < -0.39 is 10.0 Å². The molecule has 0 aliphatic carbocycles. The topological polar surface area (TPSA) is 84.9 Å². The quantitative estimate of drug-likeness (QED) is 0.686. The maximum Gasteiger partial charge on any atom is 0.223 e. The van der Waals surface area contributed by atoms with E-state index in [-0.39, 0.29) is 23.6 Å². The lowest BCUT2D eigenvalue weighted by Gasteiger charge is -2.31. The van der Waals surface area contributed by atoms with Gasteiger partial charge in [-0.25, -0.2) is 12.7 Å². The number of benzene rings is 2. The number of rotatable bonds is 6. The molecule has 2 heterocycles. The van der Waals surface area contributed by atoms with Crippen LogP contribution in [0.25, 0.3) is 0 Å². The summed E-state index contributed by atoms with van der Waals surface area (Å²) in [6.45, 7) is 3.63. The molecule has 2 aliphatic rings. The van der Waals surface area contributed by atoms with Gasteiger partial charge >= 0.3 is 0 Å². The lowest BCUT2D eigenvalue weighted by atomic mass is 9.96. The number of halogens is 1. The molecule has 32 heavy (non-hydrogen) atoms. The van der Waals surface area contributed by atoms with E-state index in [1.54, 1.807) is 24.3 Å². The molecule has 0 bridgehead atoms. The first-order chi connectivity index (χ1) is 15.3. The van der Waals surface area contributed by atoms with E-state index in [1.165, 1.54) is 4.31 Å². The fraction of sp³-hybridized carbons (Fsp3) is 0.435. The summed E-state index contributed by atoms with van der Waals surface area (Å²) < 4.78 is 38.2. The third kappa shape index (κ3) is 5.36. The molecular formula is C23H27ClN2O5S. The fourth-order valence-electron chi connectivity index (χ4n) is 4.07. The third-order valence-corrected chi connectivity index (χ3v) is 7.97. The van der Waals surface area contributed by atoms with Crippen LogP contribution in [0.2, 0.25) is 5.02 Å². The molecule has 4 rings (SSSR count). The number of hydrogen-bond donors (Lipinski definition) is 1. The summed E-state index contributed by atoms with van der Waals surface area (Å²) in [4.78, 5) is 12.8. The molecular weight excluding hydrogens is 452 g/mol. The Balaban J connectivity index is 1.31. The van der Waals surface area contributed by atoms with E-state index >= 15 is 0 Å². The van der Waals surface area contributed by atoms with Gasteiger partial charge < -0.3 is 14.8 Å². The Labute approximate surface area is 193 Å². The van der Waals surface area contributed by atoms with Gasteiger partial charge in [-0.3, -0.25) is 4.79 Å². The molecule has 0 aromatic heterocycles. The SMILES string of the molecule is C[C@H](NC(=O)C1CCN(S(=O)(=O)Cc2cccc(Cl)c2)CC1)c1ccc2c(c1)OCCO2. The highest BCUT2D eigenvalue weighted by atomic mass is 35.5. The second kappa shape index (κ2) is 9.68. The minimum atomic E-state index is -3.46. The number of hydrogen-bond acceptors (Lipinski definition) is 5. The number of nitrogens with one attached hydrogen (secondary N) is 1. The molecule has 1 saturated heterocycles. The second-order valence-corrected chi connectivity index (χ2v) is 10.6. The Bertz CT molecular complexity index is 1080. The van der Waals surface area contributed by atoms with Gasteiger partial charge in [-0.15, -0.1) is 0 Å². The monoisotopic (exact) mass is 478 g/mol. The van der Waals surface area contributed by atoms with Gasteiger partial charge in [0.25, 0.3) is 0 Å².